The zero-order valence-corrected chi connectivity index (χ0v) is 18.8. The second kappa shape index (κ2) is 24.4. The summed E-state index contributed by atoms with van der Waals surface area (Å²) in [6.45, 7) is 4.35. The minimum atomic E-state index is 0.458. The summed E-state index contributed by atoms with van der Waals surface area (Å²) in [4.78, 5) is 13.4. The van der Waals surface area contributed by atoms with Crippen LogP contribution in [0.1, 0.15) is 117 Å². The van der Waals surface area contributed by atoms with E-state index in [0.29, 0.717) is 5.78 Å². The summed E-state index contributed by atoms with van der Waals surface area (Å²) in [6.07, 6.45) is 24.5. The van der Waals surface area contributed by atoms with Crippen LogP contribution >= 0.6 is 0 Å². The molecule has 0 aliphatic rings. The maximum absolute atomic E-state index is 11.4. The molecule has 0 bridgehead atoms. The van der Waals surface area contributed by atoms with Crippen LogP contribution in [0.4, 0.5) is 0 Å². The minimum absolute atomic E-state index is 0.458. The monoisotopic (exact) mass is 367 g/mol. The molecular formula is C24H49NO. The van der Waals surface area contributed by atoms with Gasteiger partial charge in [0.1, 0.15) is 5.78 Å². The third-order valence-corrected chi connectivity index (χ3v) is 4.25. The van der Waals surface area contributed by atoms with Gasteiger partial charge in [0, 0.05) is 12.8 Å². The second-order valence-electron chi connectivity index (χ2n) is 7.96. The smallest absolute Gasteiger partial charge is 0.132 e. The van der Waals surface area contributed by atoms with E-state index in [2.05, 4.69) is 26.0 Å². The quantitative estimate of drug-likeness (QED) is 0.195. The summed E-state index contributed by atoms with van der Waals surface area (Å²) in [5.74, 6) is 0.458. The number of carbonyl (C=O) groups excluding carboxylic acids is 1. The van der Waals surface area contributed by atoms with Gasteiger partial charge >= 0.3 is 0 Å². The number of carbonyl (C=O) groups is 1. The van der Waals surface area contributed by atoms with Gasteiger partial charge in [0.25, 0.3) is 0 Å². The lowest BCUT2D eigenvalue weighted by atomic mass is 10.1. The largest absolute Gasteiger partial charge is 0.312 e. The first-order chi connectivity index (χ1) is 12.5. The van der Waals surface area contributed by atoms with Gasteiger partial charge < -0.3 is 4.90 Å². The normalized spacial score (nSPS) is 11.0. The molecule has 2 heteroatoms. The van der Waals surface area contributed by atoms with E-state index < -0.39 is 0 Å². The van der Waals surface area contributed by atoms with Gasteiger partial charge in [0.15, 0.2) is 0 Å². The van der Waals surface area contributed by atoms with Crippen molar-refractivity contribution in [2.45, 2.75) is 117 Å². The highest BCUT2D eigenvalue weighted by atomic mass is 16.1. The summed E-state index contributed by atoms with van der Waals surface area (Å²) in [5, 5.41) is 0. The van der Waals surface area contributed by atoms with Crippen LogP contribution in [0.2, 0.25) is 0 Å². The summed E-state index contributed by atoms with van der Waals surface area (Å²) in [5.41, 5.74) is 0. The van der Waals surface area contributed by atoms with E-state index in [1.165, 1.54) is 77.0 Å². The van der Waals surface area contributed by atoms with E-state index in [1.54, 1.807) is 0 Å². The molecule has 0 aromatic heterocycles. The van der Waals surface area contributed by atoms with Gasteiger partial charge in [-0.1, -0.05) is 77.4 Å². The molecule has 2 nitrogen and oxygen atoms in total. The fourth-order valence-electron chi connectivity index (χ4n) is 2.80. The average Bonchev–Trinajstić information content (AvgIpc) is 2.58. The molecule has 26 heavy (non-hydrogen) atoms. The van der Waals surface area contributed by atoms with Crippen molar-refractivity contribution in [2.24, 2.45) is 0 Å². The van der Waals surface area contributed by atoms with E-state index in [-0.39, 0.29) is 0 Å². The topological polar surface area (TPSA) is 20.3 Å². The number of unbranched alkanes of at least 4 members (excludes halogenated alkanes) is 11. The molecule has 0 fully saturated rings. The van der Waals surface area contributed by atoms with Crippen molar-refractivity contribution in [1.82, 2.24) is 4.90 Å². The van der Waals surface area contributed by atoms with Crippen molar-refractivity contribution in [3.63, 3.8) is 0 Å². The molecule has 0 N–H and O–H groups in total. The highest BCUT2D eigenvalue weighted by molar-refractivity contribution is 5.78. The molecule has 0 aromatic rings. The van der Waals surface area contributed by atoms with E-state index in [4.69, 9.17) is 0 Å². The van der Waals surface area contributed by atoms with Crippen LogP contribution in [0.5, 0.6) is 0 Å². The zero-order chi connectivity index (χ0) is 19.9. The number of allylic oxidation sites excluding steroid dienone is 2. The zero-order valence-electron chi connectivity index (χ0n) is 18.8. The second-order valence-corrected chi connectivity index (χ2v) is 7.96. The van der Waals surface area contributed by atoms with E-state index in [1.807, 2.05) is 26.0 Å². The predicted octanol–water partition coefficient (Wildman–Crippen LogP) is 7.57. The van der Waals surface area contributed by atoms with Gasteiger partial charge in [-0.25, -0.2) is 0 Å². The molecular weight excluding hydrogens is 318 g/mol. The Bertz CT molecular complexity index is 294. The maximum atomic E-state index is 11.4. The molecule has 156 valence electrons. The van der Waals surface area contributed by atoms with E-state index >= 15 is 0 Å². The van der Waals surface area contributed by atoms with Gasteiger partial charge in [-0.15, -0.1) is 0 Å². The molecule has 0 heterocycles. The van der Waals surface area contributed by atoms with Crippen molar-refractivity contribution < 1.29 is 4.79 Å². The van der Waals surface area contributed by atoms with E-state index in [0.717, 1.165) is 25.7 Å². The van der Waals surface area contributed by atoms with Gasteiger partial charge in [0.2, 0.25) is 0 Å². The molecule has 0 aliphatic carbocycles. The molecule has 0 amide bonds. The fourth-order valence-corrected chi connectivity index (χ4v) is 2.80. The number of hydrogen-bond acceptors (Lipinski definition) is 2. The summed E-state index contributed by atoms with van der Waals surface area (Å²) >= 11 is 0. The van der Waals surface area contributed by atoms with Crippen LogP contribution in [0.3, 0.4) is 0 Å². The standard InChI is InChI=1S/C21H40O.C3H9N/c1-3-5-6-7-8-9-10-11-12-13-14-15-16-17-18-20-21(22)19-4-2;1-4(2)3/h11-12H,3-10,13-20H2,1-2H3;1-3H3/b12-11-;. The van der Waals surface area contributed by atoms with Crippen LogP contribution in [0, 0.1) is 0 Å². The van der Waals surface area contributed by atoms with Crippen molar-refractivity contribution >= 4 is 5.78 Å². The third-order valence-electron chi connectivity index (χ3n) is 4.25. The molecule has 0 saturated heterocycles. The number of nitrogens with zero attached hydrogens (tertiary/aromatic N) is 1. The van der Waals surface area contributed by atoms with Crippen LogP contribution in [-0.2, 0) is 4.79 Å². The Balaban J connectivity index is 0. The van der Waals surface area contributed by atoms with Crippen LogP contribution < -0.4 is 0 Å². The summed E-state index contributed by atoms with van der Waals surface area (Å²) < 4.78 is 0. The Morgan fingerprint density at radius 2 is 1.04 bits per heavy atom. The first-order valence-corrected chi connectivity index (χ1v) is 11.3. The maximum Gasteiger partial charge on any atom is 0.132 e. The number of ketones is 1. The predicted molar refractivity (Wildman–Crippen MR) is 119 cm³/mol. The Labute approximate surface area is 165 Å². The number of Topliss-reactive ketones (excluding diaryl/α,β-unsaturated/α-hetero) is 1. The van der Waals surface area contributed by atoms with Crippen molar-refractivity contribution in [3.8, 4) is 0 Å². The molecule has 0 rings (SSSR count). The average molecular weight is 368 g/mol. The molecule has 0 spiro atoms. The lowest BCUT2D eigenvalue weighted by Gasteiger charge is -2.00. The van der Waals surface area contributed by atoms with E-state index in [9.17, 15) is 4.79 Å². The minimum Gasteiger partial charge on any atom is -0.312 e. The highest BCUT2D eigenvalue weighted by Gasteiger charge is 1.99. The van der Waals surface area contributed by atoms with Gasteiger partial charge in [-0.2, -0.15) is 0 Å². The lowest BCUT2D eigenvalue weighted by molar-refractivity contribution is -0.119. The van der Waals surface area contributed by atoms with Crippen molar-refractivity contribution in [2.75, 3.05) is 21.1 Å². The Hall–Kier alpha value is -0.630. The third kappa shape index (κ3) is 31.2. The number of hydrogen-bond donors (Lipinski definition) is 0. The van der Waals surface area contributed by atoms with Crippen LogP contribution in [0.25, 0.3) is 0 Å². The molecule has 0 aliphatic heterocycles. The van der Waals surface area contributed by atoms with Gasteiger partial charge in [-0.3, -0.25) is 4.79 Å². The Morgan fingerprint density at radius 3 is 1.50 bits per heavy atom. The molecule has 0 unspecified atom stereocenters. The van der Waals surface area contributed by atoms with Gasteiger partial charge in [-0.05, 0) is 59.7 Å². The highest BCUT2D eigenvalue weighted by Crippen LogP contribution is 2.10. The number of rotatable bonds is 17. The van der Waals surface area contributed by atoms with Crippen molar-refractivity contribution in [1.29, 1.82) is 0 Å². The van der Waals surface area contributed by atoms with Crippen LogP contribution in [0.15, 0.2) is 12.2 Å². The molecule has 0 saturated carbocycles. The van der Waals surface area contributed by atoms with Crippen LogP contribution in [-0.4, -0.2) is 31.8 Å². The molecule has 0 aromatic carbocycles. The van der Waals surface area contributed by atoms with Crippen molar-refractivity contribution in [3.05, 3.63) is 12.2 Å². The first-order valence-electron chi connectivity index (χ1n) is 11.3. The fraction of sp³-hybridized carbons (Fsp3) is 0.875. The Kier molecular flexibility index (Phi) is 25.9. The molecule has 0 radical (unpaired) electrons. The summed E-state index contributed by atoms with van der Waals surface area (Å²) in [6, 6.07) is 0. The summed E-state index contributed by atoms with van der Waals surface area (Å²) in [7, 11) is 6.00. The van der Waals surface area contributed by atoms with Gasteiger partial charge in [0.05, 0.1) is 0 Å². The molecule has 0 atom stereocenters. The lowest BCUT2D eigenvalue weighted by Crippen LogP contribution is -1.99. The SMILES string of the molecule is CCCCCCCC/C=C\CCCCCCCC(=O)CCC.CN(C)C. The Morgan fingerprint density at radius 1 is 0.615 bits per heavy atom. The first kappa shape index (κ1) is 27.6.